The second-order valence-corrected chi connectivity index (χ2v) is 11.5. The lowest BCUT2D eigenvalue weighted by molar-refractivity contribution is -0.119. The largest absolute Gasteiger partial charge is 0.299 e. The van der Waals surface area contributed by atoms with Gasteiger partial charge in [0.1, 0.15) is 15.3 Å². The lowest BCUT2D eigenvalue weighted by atomic mass is 10.2. The number of hydrogen-bond donors (Lipinski definition) is 1. The number of halogens is 1. The van der Waals surface area contributed by atoms with E-state index in [1.165, 1.54) is 15.6 Å². The van der Waals surface area contributed by atoms with Crippen molar-refractivity contribution in [1.82, 2.24) is 14.5 Å². The van der Waals surface area contributed by atoms with Crippen LogP contribution in [0.25, 0.3) is 0 Å². The van der Waals surface area contributed by atoms with Gasteiger partial charge in [0.25, 0.3) is 10.0 Å². The normalized spacial score (nSPS) is 18.8. The molecule has 0 aliphatic carbocycles. The summed E-state index contributed by atoms with van der Waals surface area (Å²) in [5.41, 5.74) is 0. The van der Waals surface area contributed by atoms with E-state index < -0.39 is 16.1 Å². The Kier molecular flexibility index (Phi) is 5.59. The molecule has 136 valence electrons. The number of carbonyl (C=O) groups excluding carboxylic acids is 1. The highest BCUT2D eigenvalue weighted by Gasteiger charge is 2.40. The van der Waals surface area contributed by atoms with Crippen LogP contribution in [-0.2, 0) is 14.8 Å². The van der Waals surface area contributed by atoms with Gasteiger partial charge in [0, 0.05) is 12.5 Å². The zero-order chi connectivity index (χ0) is 18.2. The number of aromatic nitrogens is 2. The minimum Gasteiger partial charge on any atom is -0.299 e. The predicted octanol–water partition coefficient (Wildman–Crippen LogP) is 3.28. The van der Waals surface area contributed by atoms with Gasteiger partial charge in [0.2, 0.25) is 11.0 Å². The van der Waals surface area contributed by atoms with Crippen LogP contribution in [0.1, 0.15) is 37.6 Å². The van der Waals surface area contributed by atoms with E-state index in [1.54, 1.807) is 12.1 Å². The minimum atomic E-state index is -3.68. The fourth-order valence-electron chi connectivity index (χ4n) is 2.55. The maximum atomic E-state index is 12.8. The minimum absolute atomic E-state index is 0.226. The highest BCUT2D eigenvalue weighted by Crippen LogP contribution is 2.33. The average molecular weight is 465 g/mol. The van der Waals surface area contributed by atoms with Gasteiger partial charge >= 0.3 is 0 Å². The molecule has 1 saturated heterocycles. The van der Waals surface area contributed by atoms with Gasteiger partial charge in [-0.2, -0.15) is 4.31 Å². The highest BCUT2D eigenvalue weighted by atomic mass is 79.9. The smallest absolute Gasteiger partial charge is 0.253 e. The van der Waals surface area contributed by atoms with Gasteiger partial charge in [-0.1, -0.05) is 25.2 Å². The first-order valence-electron chi connectivity index (χ1n) is 7.70. The molecule has 11 heteroatoms. The second-order valence-electron chi connectivity index (χ2n) is 5.92. The Morgan fingerprint density at radius 3 is 2.72 bits per heavy atom. The Bertz CT molecular complexity index is 878. The lowest BCUT2D eigenvalue weighted by Crippen LogP contribution is -2.42. The van der Waals surface area contributed by atoms with Crippen LogP contribution in [0.5, 0.6) is 0 Å². The molecule has 1 fully saturated rings. The molecule has 0 saturated carbocycles. The average Bonchev–Trinajstić information content (AvgIpc) is 3.26. The summed E-state index contributed by atoms with van der Waals surface area (Å²) in [6.45, 7) is 4.33. The molecule has 7 nitrogen and oxygen atoms in total. The number of nitrogens with zero attached hydrogens (tertiary/aromatic N) is 3. The summed E-state index contributed by atoms with van der Waals surface area (Å²) in [6, 6.07) is 2.52. The van der Waals surface area contributed by atoms with Gasteiger partial charge in [-0.25, -0.2) is 8.42 Å². The SMILES string of the molecule is CC(C)c1nnc(NC(=O)C2CCCN2S(=O)(=O)c2ccc(Br)s2)s1. The van der Waals surface area contributed by atoms with Crippen molar-refractivity contribution in [1.29, 1.82) is 0 Å². The van der Waals surface area contributed by atoms with Crippen molar-refractivity contribution in [3.63, 3.8) is 0 Å². The molecule has 1 aliphatic rings. The molecule has 1 atom stereocenters. The monoisotopic (exact) mass is 464 g/mol. The highest BCUT2D eigenvalue weighted by molar-refractivity contribution is 9.11. The molecule has 3 heterocycles. The number of amides is 1. The number of rotatable bonds is 5. The summed E-state index contributed by atoms with van der Waals surface area (Å²) >= 11 is 5.73. The first kappa shape index (κ1) is 18.9. The molecular formula is C14H17BrN4O3S3. The third-order valence-electron chi connectivity index (χ3n) is 3.78. The standard InChI is InChI=1S/C14H17BrN4O3S3/c1-8(2)13-17-18-14(24-13)16-12(20)9-4-3-7-19(9)25(21,22)11-6-5-10(15)23-11/h5-6,8-9H,3-4,7H2,1-2H3,(H,16,18,20). The molecule has 25 heavy (non-hydrogen) atoms. The number of sulfonamides is 1. The van der Waals surface area contributed by atoms with Crippen LogP contribution in [-0.4, -0.2) is 41.4 Å². The van der Waals surface area contributed by atoms with E-state index in [0.717, 1.165) is 20.1 Å². The van der Waals surface area contributed by atoms with Crippen molar-refractivity contribution >= 4 is 59.7 Å². The summed E-state index contributed by atoms with van der Waals surface area (Å²) in [7, 11) is -3.68. The van der Waals surface area contributed by atoms with E-state index in [0.29, 0.717) is 24.5 Å². The molecule has 0 spiro atoms. The van der Waals surface area contributed by atoms with Crippen molar-refractivity contribution < 1.29 is 13.2 Å². The van der Waals surface area contributed by atoms with E-state index in [9.17, 15) is 13.2 Å². The van der Waals surface area contributed by atoms with Gasteiger partial charge in [0.15, 0.2) is 0 Å². The van der Waals surface area contributed by atoms with Crippen LogP contribution < -0.4 is 5.32 Å². The Labute approximate surface area is 162 Å². The van der Waals surface area contributed by atoms with Crippen LogP contribution in [0.3, 0.4) is 0 Å². The van der Waals surface area contributed by atoms with Crippen LogP contribution in [0.4, 0.5) is 5.13 Å². The van der Waals surface area contributed by atoms with Gasteiger partial charge in [-0.05, 0) is 40.9 Å². The Morgan fingerprint density at radius 1 is 1.36 bits per heavy atom. The summed E-state index contributed by atoms with van der Waals surface area (Å²) in [5.74, 6) is -0.132. The summed E-state index contributed by atoms with van der Waals surface area (Å²) in [6.07, 6.45) is 1.14. The summed E-state index contributed by atoms with van der Waals surface area (Å²) < 4.78 is 27.9. The van der Waals surface area contributed by atoms with Crippen LogP contribution in [0.2, 0.25) is 0 Å². The van der Waals surface area contributed by atoms with Crippen LogP contribution >= 0.6 is 38.6 Å². The molecule has 0 bridgehead atoms. The number of nitrogens with one attached hydrogen (secondary N) is 1. The fourth-order valence-corrected chi connectivity index (χ4v) is 7.09. The predicted molar refractivity (Wildman–Crippen MR) is 102 cm³/mol. The number of hydrogen-bond acceptors (Lipinski definition) is 7. The van der Waals surface area contributed by atoms with E-state index in [-0.39, 0.29) is 16.0 Å². The Hall–Kier alpha value is -0.880. The zero-order valence-electron chi connectivity index (χ0n) is 13.6. The van der Waals surface area contributed by atoms with Crippen molar-refractivity contribution in [3.05, 3.63) is 20.9 Å². The molecule has 1 aliphatic heterocycles. The summed E-state index contributed by atoms with van der Waals surface area (Å²) in [5, 5.41) is 11.9. The van der Waals surface area contributed by atoms with Crippen LogP contribution in [0, 0.1) is 0 Å². The molecule has 2 aromatic heterocycles. The van der Waals surface area contributed by atoms with E-state index in [1.807, 2.05) is 13.8 Å². The molecular weight excluding hydrogens is 448 g/mol. The topological polar surface area (TPSA) is 92.3 Å². The Morgan fingerprint density at radius 2 is 2.12 bits per heavy atom. The van der Waals surface area contributed by atoms with E-state index in [2.05, 4.69) is 31.4 Å². The molecule has 0 aromatic carbocycles. The van der Waals surface area contributed by atoms with Crippen molar-refractivity contribution in [2.75, 3.05) is 11.9 Å². The van der Waals surface area contributed by atoms with E-state index >= 15 is 0 Å². The van der Waals surface area contributed by atoms with Gasteiger partial charge in [0.05, 0.1) is 3.79 Å². The Balaban J connectivity index is 1.77. The van der Waals surface area contributed by atoms with Gasteiger partial charge < -0.3 is 0 Å². The molecule has 1 amide bonds. The van der Waals surface area contributed by atoms with Crippen molar-refractivity contribution in [3.8, 4) is 0 Å². The summed E-state index contributed by atoms with van der Waals surface area (Å²) in [4.78, 5) is 12.6. The molecule has 1 N–H and O–H groups in total. The maximum Gasteiger partial charge on any atom is 0.253 e. The third-order valence-corrected chi connectivity index (χ3v) is 8.92. The number of thiophene rings is 1. The van der Waals surface area contributed by atoms with Crippen LogP contribution in [0.15, 0.2) is 20.1 Å². The number of anilines is 1. The van der Waals surface area contributed by atoms with Gasteiger partial charge in [-0.3, -0.25) is 10.1 Å². The molecule has 1 unspecified atom stereocenters. The molecule has 0 radical (unpaired) electrons. The van der Waals surface area contributed by atoms with E-state index in [4.69, 9.17) is 0 Å². The molecule has 3 rings (SSSR count). The molecule has 2 aromatic rings. The first-order valence-corrected chi connectivity index (χ1v) is 11.6. The van der Waals surface area contributed by atoms with Crippen molar-refractivity contribution in [2.45, 2.75) is 42.9 Å². The quantitative estimate of drug-likeness (QED) is 0.732. The second kappa shape index (κ2) is 7.39. The third kappa shape index (κ3) is 3.95. The maximum absolute atomic E-state index is 12.8. The fraction of sp³-hybridized carbons (Fsp3) is 0.500. The first-order chi connectivity index (χ1) is 11.8. The van der Waals surface area contributed by atoms with Gasteiger partial charge in [-0.15, -0.1) is 21.5 Å². The number of carbonyl (C=O) groups is 1. The lowest BCUT2D eigenvalue weighted by Gasteiger charge is -2.22. The van der Waals surface area contributed by atoms with Crippen molar-refractivity contribution in [2.24, 2.45) is 0 Å². The zero-order valence-corrected chi connectivity index (χ0v) is 17.6.